The van der Waals surface area contributed by atoms with Crippen molar-refractivity contribution in [2.75, 3.05) is 12.4 Å². The molecule has 0 aliphatic heterocycles. The Bertz CT molecular complexity index is 669. The van der Waals surface area contributed by atoms with Crippen LogP contribution in [0.1, 0.15) is 48.4 Å². The molecule has 24 heavy (non-hydrogen) atoms. The summed E-state index contributed by atoms with van der Waals surface area (Å²) in [6, 6.07) is 10.5. The molecule has 0 radical (unpaired) electrons. The number of ether oxygens (including phenoxy) is 2. The first-order chi connectivity index (χ1) is 11.5. The zero-order chi connectivity index (χ0) is 17.7. The first kappa shape index (κ1) is 18.9. The SMILES string of the molecule is COc1ccc(Oc2c(C)cc(CCCBr)cc2C)cc1C(C)C. The summed E-state index contributed by atoms with van der Waals surface area (Å²) < 4.78 is 11.7. The Labute approximate surface area is 154 Å². The molecule has 0 aromatic heterocycles. The molecule has 0 N–H and O–H groups in total. The minimum Gasteiger partial charge on any atom is -0.496 e. The molecule has 2 nitrogen and oxygen atoms in total. The number of hydrogen-bond donors (Lipinski definition) is 0. The van der Waals surface area contributed by atoms with Gasteiger partial charge in [-0.25, -0.2) is 0 Å². The lowest BCUT2D eigenvalue weighted by atomic mass is 10.0. The monoisotopic (exact) mass is 390 g/mol. The molecule has 0 fully saturated rings. The summed E-state index contributed by atoms with van der Waals surface area (Å²) in [5, 5.41) is 1.03. The molecule has 0 bridgehead atoms. The summed E-state index contributed by atoms with van der Waals surface area (Å²) >= 11 is 3.50. The Morgan fingerprint density at radius 2 is 1.71 bits per heavy atom. The zero-order valence-corrected chi connectivity index (χ0v) is 16.9. The van der Waals surface area contributed by atoms with E-state index in [1.54, 1.807) is 7.11 Å². The van der Waals surface area contributed by atoms with Crippen molar-refractivity contribution in [1.82, 2.24) is 0 Å². The van der Waals surface area contributed by atoms with Gasteiger partial charge in [0.05, 0.1) is 7.11 Å². The molecule has 130 valence electrons. The van der Waals surface area contributed by atoms with E-state index in [0.29, 0.717) is 5.92 Å². The Morgan fingerprint density at radius 3 is 2.25 bits per heavy atom. The molecular weight excluding hydrogens is 364 g/mol. The number of methoxy groups -OCH3 is 1. The van der Waals surface area contributed by atoms with E-state index in [4.69, 9.17) is 9.47 Å². The van der Waals surface area contributed by atoms with E-state index in [9.17, 15) is 0 Å². The molecular formula is C21H27BrO2. The van der Waals surface area contributed by atoms with Crippen molar-refractivity contribution < 1.29 is 9.47 Å². The van der Waals surface area contributed by atoms with Gasteiger partial charge in [0.25, 0.3) is 0 Å². The summed E-state index contributed by atoms with van der Waals surface area (Å²) in [4.78, 5) is 0. The van der Waals surface area contributed by atoms with Crippen LogP contribution in [-0.2, 0) is 6.42 Å². The first-order valence-electron chi connectivity index (χ1n) is 8.48. The number of benzene rings is 2. The van der Waals surface area contributed by atoms with Crippen LogP contribution in [0, 0.1) is 13.8 Å². The third-order valence-corrected chi connectivity index (χ3v) is 4.72. The summed E-state index contributed by atoms with van der Waals surface area (Å²) in [6.45, 7) is 8.56. The van der Waals surface area contributed by atoms with Gasteiger partial charge in [-0.2, -0.15) is 0 Å². The smallest absolute Gasteiger partial charge is 0.133 e. The molecule has 0 aliphatic carbocycles. The zero-order valence-electron chi connectivity index (χ0n) is 15.3. The van der Waals surface area contributed by atoms with Gasteiger partial charge in [-0.1, -0.05) is 41.9 Å². The number of hydrogen-bond acceptors (Lipinski definition) is 2. The number of halogens is 1. The molecule has 0 spiro atoms. The lowest BCUT2D eigenvalue weighted by molar-refractivity contribution is 0.405. The van der Waals surface area contributed by atoms with Gasteiger partial charge in [-0.3, -0.25) is 0 Å². The topological polar surface area (TPSA) is 18.5 Å². The van der Waals surface area contributed by atoms with Gasteiger partial charge in [0.15, 0.2) is 0 Å². The maximum absolute atomic E-state index is 6.22. The quantitative estimate of drug-likeness (QED) is 0.498. The van der Waals surface area contributed by atoms with Gasteiger partial charge in [0.1, 0.15) is 17.2 Å². The highest BCUT2D eigenvalue weighted by Gasteiger charge is 2.12. The van der Waals surface area contributed by atoms with Crippen LogP contribution in [0.2, 0.25) is 0 Å². The van der Waals surface area contributed by atoms with Crippen LogP contribution in [0.4, 0.5) is 0 Å². The Hall–Kier alpha value is -1.48. The van der Waals surface area contributed by atoms with Crippen molar-refractivity contribution in [3.63, 3.8) is 0 Å². The molecule has 0 saturated heterocycles. The number of aryl methyl sites for hydroxylation is 3. The maximum atomic E-state index is 6.22. The average molecular weight is 391 g/mol. The van der Waals surface area contributed by atoms with Gasteiger partial charge >= 0.3 is 0 Å². The molecule has 0 aliphatic rings. The molecule has 2 aromatic rings. The fourth-order valence-electron chi connectivity index (χ4n) is 2.96. The molecule has 0 unspecified atom stereocenters. The summed E-state index contributed by atoms with van der Waals surface area (Å²) in [6.07, 6.45) is 2.24. The predicted octanol–water partition coefficient (Wildman–Crippen LogP) is 6.56. The van der Waals surface area contributed by atoms with Crippen LogP contribution < -0.4 is 9.47 Å². The first-order valence-corrected chi connectivity index (χ1v) is 9.60. The van der Waals surface area contributed by atoms with Gasteiger partial charge in [-0.15, -0.1) is 0 Å². The molecule has 3 heteroatoms. The second kappa shape index (κ2) is 8.57. The maximum Gasteiger partial charge on any atom is 0.133 e. The Balaban J connectivity index is 2.29. The van der Waals surface area contributed by atoms with Crippen molar-refractivity contribution in [2.45, 2.75) is 46.5 Å². The van der Waals surface area contributed by atoms with E-state index in [1.807, 2.05) is 12.1 Å². The van der Waals surface area contributed by atoms with Crippen LogP contribution in [0.15, 0.2) is 30.3 Å². The van der Waals surface area contributed by atoms with E-state index in [1.165, 1.54) is 22.3 Å². The van der Waals surface area contributed by atoms with Gasteiger partial charge in [-0.05, 0) is 67.5 Å². The van der Waals surface area contributed by atoms with E-state index in [0.717, 1.165) is 35.4 Å². The van der Waals surface area contributed by atoms with Crippen molar-refractivity contribution in [3.05, 3.63) is 52.6 Å². The van der Waals surface area contributed by atoms with Crippen molar-refractivity contribution in [1.29, 1.82) is 0 Å². The van der Waals surface area contributed by atoms with Crippen LogP contribution in [-0.4, -0.2) is 12.4 Å². The van der Waals surface area contributed by atoms with Gasteiger partial charge in [0.2, 0.25) is 0 Å². The summed E-state index contributed by atoms with van der Waals surface area (Å²) in [5.41, 5.74) is 4.90. The molecule has 0 amide bonds. The number of rotatable bonds is 7. The lowest BCUT2D eigenvalue weighted by Crippen LogP contribution is -1.98. The Kier molecular flexibility index (Phi) is 6.73. The fourth-order valence-corrected chi connectivity index (χ4v) is 3.24. The van der Waals surface area contributed by atoms with Crippen LogP contribution >= 0.6 is 15.9 Å². The second-order valence-electron chi connectivity index (χ2n) is 6.51. The van der Waals surface area contributed by atoms with E-state index < -0.39 is 0 Å². The minimum atomic E-state index is 0.386. The second-order valence-corrected chi connectivity index (χ2v) is 7.30. The van der Waals surface area contributed by atoms with Crippen molar-refractivity contribution in [2.24, 2.45) is 0 Å². The third-order valence-electron chi connectivity index (χ3n) is 4.16. The highest BCUT2D eigenvalue weighted by atomic mass is 79.9. The highest BCUT2D eigenvalue weighted by molar-refractivity contribution is 9.09. The van der Waals surface area contributed by atoms with Crippen LogP contribution in [0.3, 0.4) is 0 Å². The van der Waals surface area contributed by atoms with Gasteiger partial charge in [0, 0.05) is 10.9 Å². The predicted molar refractivity (Wildman–Crippen MR) is 105 cm³/mol. The van der Waals surface area contributed by atoms with Crippen LogP contribution in [0.5, 0.6) is 17.2 Å². The molecule has 0 saturated carbocycles. The van der Waals surface area contributed by atoms with E-state index in [-0.39, 0.29) is 0 Å². The van der Waals surface area contributed by atoms with Gasteiger partial charge < -0.3 is 9.47 Å². The minimum absolute atomic E-state index is 0.386. The normalized spacial score (nSPS) is 11.0. The third kappa shape index (κ3) is 4.54. The molecule has 0 atom stereocenters. The van der Waals surface area contributed by atoms with Crippen molar-refractivity contribution >= 4 is 15.9 Å². The Morgan fingerprint density at radius 1 is 1.04 bits per heavy atom. The molecule has 2 rings (SSSR count). The summed E-state index contributed by atoms with van der Waals surface area (Å²) in [7, 11) is 1.71. The highest BCUT2D eigenvalue weighted by Crippen LogP contribution is 2.35. The standard InChI is InChI=1S/C21H27BrO2/c1-14(2)19-13-18(8-9-20(19)23-5)24-21-15(3)11-17(7-6-10-22)12-16(21)4/h8-9,11-14H,6-7,10H2,1-5H3. The summed E-state index contributed by atoms with van der Waals surface area (Å²) in [5.74, 6) is 3.12. The number of alkyl halides is 1. The average Bonchev–Trinajstić information content (AvgIpc) is 2.56. The molecule has 0 heterocycles. The molecule has 2 aromatic carbocycles. The fraction of sp³-hybridized carbons (Fsp3) is 0.429. The lowest BCUT2D eigenvalue weighted by Gasteiger charge is -2.17. The van der Waals surface area contributed by atoms with E-state index >= 15 is 0 Å². The van der Waals surface area contributed by atoms with E-state index in [2.05, 4.69) is 61.8 Å². The van der Waals surface area contributed by atoms with Crippen molar-refractivity contribution in [3.8, 4) is 17.2 Å². The van der Waals surface area contributed by atoms with Crippen LogP contribution in [0.25, 0.3) is 0 Å². The largest absolute Gasteiger partial charge is 0.496 e.